The van der Waals surface area contributed by atoms with Gasteiger partial charge in [-0.25, -0.2) is 0 Å². The van der Waals surface area contributed by atoms with Crippen molar-refractivity contribution in [2.24, 2.45) is 0 Å². The monoisotopic (exact) mass is 399 g/mol. The maximum atomic E-state index is 12.8. The third-order valence-corrected chi connectivity index (χ3v) is 5.64. The van der Waals surface area contributed by atoms with Crippen molar-refractivity contribution >= 4 is 17.5 Å². The number of amides is 1. The molecule has 2 aliphatic heterocycles. The van der Waals surface area contributed by atoms with Crippen LogP contribution in [0.25, 0.3) is 11.1 Å². The quantitative estimate of drug-likeness (QED) is 0.694. The van der Waals surface area contributed by atoms with Gasteiger partial charge in [0.25, 0.3) is 5.91 Å². The third kappa shape index (κ3) is 4.68. The molecule has 0 aliphatic carbocycles. The van der Waals surface area contributed by atoms with Crippen LogP contribution in [0.5, 0.6) is 5.75 Å². The van der Waals surface area contributed by atoms with Crippen molar-refractivity contribution in [2.75, 3.05) is 26.3 Å². The first kappa shape index (κ1) is 19.3. The summed E-state index contributed by atoms with van der Waals surface area (Å²) in [6.45, 7) is 3.04. The van der Waals surface area contributed by atoms with Crippen LogP contribution in [0.3, 0.4) is 0 Å². The van der Waals surface area contributed by atoms with E-state index in [4.69, 9.17) is 21.1 Å². The molecule has 2 fully saturated rings. The number of halogens is 1. The Morgan fingerprint density at radius 2 is 1.93 bits per heavy atom. The standard InChI is InChI=1S/C23H26ClNO3/c24-20-13-19(14-22(15-20)28-16-21-8-5-11-27-21)17-6-4-7-18(12-17)23(26)25-9-2-1-3-10-25/h4,6-7,12-15,21H,1-3,5,8-11,16H2. The Morgan fingerprint density at radius 1 is 1.07 bits per heavy atom. The van der Waals surface area contributed by atoms with E-state index in [-0.39, 0.29) is 12.0 Å². The highest BCUT2D eigenvalue weighted by atomic mass is 35.5. The van der Waals surface area contributed by atoms with E-state index in [0.29, 0.717) is 11.6 Å². The number of hydrogen-bond acceptors (Lipinski definition) is 3. The summed E-state index contributed by atoms with van der Waals surface area (Å²) in [5.41, 5.74) is 2.64. The van der Waals surface area contributed by atoms with Crippen molar-refractivity contribution in [1.82, 2.24) is 4.90 Å². The molecule has 4 nitrogen and oxygen atoms in total. The van der Waals surface area contributed by atoms with Gasteiger partial charge in [-0.15, -0.1) is 0 Å². The molecule has 2 aliphatic rings. The number of ether oxygens (including phenoxy) is 2. The number of hydrogen-bond donors (Lipinski definition) is 0. The zero-order chi connectivity index (χ0) is 19.3. The molecule has 2 saturated heterocycles. The fourth-order valence-electron chi connectivity index (χ4n) is 3.89. The molecule has 0 N–H and O–H groups in total. The number of nitrogens with zero attached hydrogens (tertiary/aromatic N) is 1. The van der Waals surface area contributed by atoms with E-state index >= 15 is 0 Å². The van der Waals surface area contributed by atoms with Gasteiger partial charge in [-0.3, -0.25) is 4.79 Å². The van der Waals surface area contributed by atoms with Crippen molar-refractivity contribution in [3.63, 3.8) is 0 Å². The van der Waals surface area contributed by atoms with Crippen LogP contribution in [0.1, 0.15) is 42.5 Å². The van der Waals surface area contributed by atoms with E-state index in [0.717, 1.165) is 67.8 Å². The van der Waals surface area contributed by atoms with Crippen LogP contribution >= 0.6 is 11.6 Å². The molecule has 1 atom stereocenters. The SMILES string of the molecule is O=C(c1cccc(-c2cc(Cl)cc(OCC3CCCO3)c2)c1)N1CCCCC1. The largest absolute Gasteiger partial charge is 0.491 e. The summed E-state index contributed by atoms with van der Waals surface area (Å²) in [6, 6.07) is 13.5. The molecule has 0 radical (unpaired) electrons. The summed E-state index contributed by atoms with van der Waals surface area (Å²) >= 11 is 6.33. The lowest BCUT2D eigenvalue weighted by molar-refractivity contribution is 0.0679. The number of carbonyl (C=O) groups excluding carboxylic acids is 1. The maximum absolute atomic E-state index is 12.8. The van der Waals surface area contributed by atoms with Gasteiger partial charge in [-0.2, -0.15) is 0 Å². The van der Waals surface area contributed by atoms with Crippen molar-refractivity contribution < 1.29 is 14.3 Å². The normalized spacial score (nSPS) is 19.6. The summed E-state index contributed by atoms with van der Waals surface area (Å²) in [7, 11) is 0. The van der Waals surface area contributed by atoms with E-state index < -0.39 is 0 Å². The van der Waals surface area contributed by atoms with Gasteiger partial charge in [0.2, 0.25) is 0 Å². The first-order chi connectivity index (χ1) is 13.7. The van der Waals surface area contributed by atoms with Gasteiger partial charge < -0.3 is 14.4 Å². The van der Waals surface area contributed by atoms with Crippen molar-refractivity contribution in [3.8, 4) is 16.9 Å². The van der Waals surface area contributed by atoms with Gasteiger partial charge in [0.05, 0.1) is 6.10 Å². The minimum Gasteiger partial charge on any atom is -0.491 e. The maximum Gasteiger partial charge on any atom is 0.253 e. The predicted octanol–water partition coefficient (Wildman–Crippen LogP) is 5.19. The number of piperidine rings is 1. The molecule has 2 heterocycles. The topological polar surface area (TPSA) is 38.8 Å². The lowest BCUT2D eigenvalue weighted by Gasteiger charge is -2.26. The number of benzene rings is 2. The second-order valence-electron chi connectivity index (χ2n) is 7.56. The molecule has 0 spiro atoms. The lowest BCUT2D eigenvalue weighted by atomic mass is 10.0. The van der Waals surface area contributed by atoms with E-state index in [1.165, 1.54) is 6.42 Å². The molecule has 0 aromatic heterocycles. The predicted molar refractivity (Wildman–Crippen MR) is 111 cm³/mol. The molecule has 1 unspecified atom stereocenters. The Hall–Kier alpha value is -2.04. The van der Waals surface area contributed by atoms with Crippen LogP contribution in [-0.4, -0.2) is 43.2 Å². The van der Waals surface area contributed by atoms with Crippen LogP contribution in [0.2, 0.25) is 5.02 Å². The molecular formula is C23H26ClNO3. The first-order valence-electron chi connectivity index (χ1n) is 10.1. The fourth-order valence-corrected chi connectivity index (χ4v) is 4.11. The smallest absolute Gasteiger partial charge is 0.253 e. The zero-order valence-electron chi connectivity index (χ0n) is 16.0. The summed E-state index contributed by atoms with van der Waals surface area (Å²) in [5, 5.41) is 0.618. The minimum absolute atomic E-state index is 0.110. The summed E-state index contributed by atoms with van der Waals surface area (Å²) in [5.74, 6) is 0.837. The van der Waals surface area contributed by atoms with Crippen LogP contribution in [0.15, 0.2) is 42.5 Å². The van der Waals surface area contributed by atoms with Crippen LogP contribution in [-0.2, 0) is 4.74 Å². The molecular weight excluding hydrogens is 374 g/mol. The van der Waals surface area contributed by atoms with Crippen LogP contribution in [0, 0.1) is 0 Å². The average molecular weight is 400 g/mol. The summed E-state index contributed by atoms with van der Waals surface area (Å²) in [6.07, 6.45) is 5.67. The molecule has 2 aromatic carbocycles. The minimum atomic E-state index is 0.110. The number of likely N-dealkylation sites (tertiary alicyclic amines) is 1. The second kappa shape index (κ2) is 8.97. The Bertz CT molecular complexity index is 826. The van der Waals surface area contributed by atoms with Crippen LogP contribution in [0.4, 0.5) is 0 Å². The van der Waals surface area contributed by atoms with Crippen molar-refractivity contribution in [3.05, 3.63) is 53.1 Å². The Kier molecular flexibility index (Phi) is 6.18. The molecule has 28 heavy (non-hydrogen) atoms. The van der Waals surface area contributed by atoms with Crippen molar-refractivity contribution in [1.29, 1.82) is 0 Å². The molecule has 5 heteroatoms. The molecule has 4 rings (SSSR count). The third-order valence-electron chi connectivity index (χ3n) is 5.42. The molecule has 0 bridgehead atoms. The second-order valence-corrected chi connectivity index (χ2v) is 7.99. The number of rotatable bonds is 5. The molecule has 0 saturated carbocycles. The molecule has 148 valence electrons. The Morgan fingerprint density at radius 3 is 2.71 bits per heavy atom. The van der Waals surface area contributed by atoms with Gasteiger partial charge in [-0.1, -0.05) is 23.7 Å². The average Bonchev–Trinajstić information content (AvgIpc) is 3.26. The van der Waals surface area contributed by atoms with Crippen molar-refractivity contribution in [2.45, 2.75) is 38.2 Å². The highest BCUT2D eigenvalue weighted by molar-refractivity contribution is 6.31. The highest BCUT2D eigenvalue weighted by Gasteiger charge is 2.19. The Labute approximate surface area is 171 Å². The summed E-state index contributed by atoms with van der Waals surface area (Å²) < 4.78 is 11.5. The number of carbonyl (C=O) groups is 1. The zero-order valence-corrected chi connectivity index (χ0v) is 16.8. The highest BCUT2D eigenvalue weighted by Crippen LogP contribution is 2.30. The molecule has 2 aromatic rings. The van der Waals surface area contributed by atoms with E-state index in [9.17, 15) is 4.79 Å². The van der Waals surface area contributed by atoms with Gasteiger partial charge in [0.15, 0.2) is 0 Å². The Balaban J connectivity index is 1.52. The van der Waals surface area contributed by atoms with E-state index in [1.807, 2.05) is 47.4 Å². The lowest BCUT2D eigenvalue weighted by Crippen LogP contribution is -2.35. The van der Waals surface area contributed by atoms with Gasteiger partial charge in [0.1, 0.15) is 12.4 Å². The van der Waals surface area contributed by atoms with Crippen LogP contribution < -0.4 is 4.74 Å². The van der Waals surface area contributed by atoms with E-state index in [2.05, 4.69) is 0 Å². The van der Waals surface area contributed by atoms with Gasteiger partial charge in [-0.05, 0) is 73.6 Å². The molecule has 1 amide bonds. The van der Waals surface area contributed by atoms with E-state index in [1.54, 1.807) is 0 Å². The first-order valence-corrected chi connectivity index (χ1v) is 10.5. The summed E-state index contributed by atoms with van der Waals surface area (Å²) in [4.78, 5) is 14.8. The van der Waals surface area contributed by atoms with Gasteiger partial charge in [0, 0.05) is 30.3 Å². The van der Waals surface area contributed by atoms with Gasteiger partial charge >= 0.3 is 0 Å². The fraction of sp³-hybridized carbons (Fsp3) is 0.435.